The summed E-state index contributed by atoms with van der Waals surface area (Å²) in [6.45, 7) is 1.59. The predicted molar refractivity (Wildman–Crippen MR) is 69.4 cm³/mol. The lowest BCUT2D eigenvalue weighted by Gasteiger charge is -2.13. The van der Waals surface area contributed by atoms with Gasteiger partial charge in [-0.2, -0.15) is 0 Å². The molecule has 0 saturated carbocycles. The van der Waals surface area contributed by atoms with Gasteiger partial charge >= 0.3 is 7.60 Å². The molecule has 0 atom stereocenters. The summed E-state index contributed by atoms with van der Waals surface area (Å²) in [5, 5.41) is 0.297. The van der Waals surface area contributed by atoms with Crippen LogP contribution >= 0.6 is 7.60 Å². The van der Waals surface area contributed by atoms with Gasteiger partial charge in [0, 0.05) is 17.4 Å². The van der Waals surface area contributed by atoms with Crippen LogP contribution in [0.3, 0.4) is 0 Å². The molecule has 0 aliphatic heterocycles. The third-order valence-electron chi connectivity index (χ3n) is 2.66. The van der Waals surface area contributed by atoms with Crippen LogP contribution in [0.15, 0.2) is 29.2 Å². The van der Waals surface area contributed by atoms with Gasteiger partial charge in [0.05, 0.1) is 10.9 Å². The quantitative estimate of drug-likeness (QED) is 0.557. The number of nitrogens with two attached hydrogens (primary N) is 1. The first-order valence-corrected chi connectivity index (χ1v) is 7.02. The zero-order valence-electron chi connectivity index (χ0n) is 9.70. The van der Waals surface area contributed by atoms with Crippen molar-refractivity contribution in [3.8, 4) is 0 Å². The average molecular weight is 268 g/mol. The number of nitrogen functional groups attached to an aromatic ring is 1. The zero-order chi connectivity index (χ0) is 13.5. The van der Waals surface area contributed by atoms with E-state index in [-0.39, 0.29) is 5.43 Å². The maximum absolute atomic E-state index is 12.0. The van der Waals surface area contributed by atoms with Crippen molar-refractivity contribution in [2.75, 3.05) is 5.73 Å². The van der Waals surface area contributed by atoms with Gasteiger partial charge in [-0.25, -0.2) is 0 Å². The van der Waals surface area contributed by atoms with E-state index >= 15 is 0 Å². The van der Waals surface area contributed by atoms with Gasteiger partial charge in [0.15, 0.2) is 5.43 Å². The van der Waals surface area contributed by atoms with Crippen LogP contribution in [0.1, 0.15) is 5.56 Å². The number of fused-ring (bicyclic) bond motifs is 1. The molecule has 18 heavy (non-hydrogen) atoms. The van der Waals surface area contributed by atoms with E-state index in [1.165, 1.54) is 10.8 Å². The number of pyridine rings is 1. The lowest BCUT2D eigenvalue weighted by atomic mass is 10.1. The molecule has 96 valence electrons. The lowest BCUT2D eigenvalue weighted by Crippen LogP contribution is -2.14. The summed E-state index contributed by atoms with van der Waals surface area (Å²) < 4.78 is 12.5. The SMILES string of the molecule is Cc1cn(CP(=O)(O)O)c2cccc(N)c2c1=O. The molecule has 4 N–H and O–H groups in total. The van der Waals surface area contributed by atoms with E-state index in [9.17, 15) is 9.36 Å². The minimum Gasteiger partial charge on any atom is -0.398 e. The van der Waals surface area contributed by atoms with Crippen LogP contribution in [0.5, 0.6) is 0 Å². The third-order valence-corrected chi connectivity index (χ3v) is 3.33. The number of aromatic nitrogens is 1. The molecule has 7 heteroatoms. The van der Waals surface area contributed by atoms with Crippen LogP contribution < -0.4 is 11.2 Å². The van der Waals surface area contributed by atoms with Crippen LogP contribution in [0, 0.1) is 6.92 Å². The van der Waals surface area contributed by atoms with E-state index < -0.39 is 13.9 Å². The van der Waals surface area contributed by atoms with Gasteiger partial charge in [-0.05, 0) is 19.1 Å². The van der Waals surface area contributed by atoms with Crippen LogP contribution in [-0.2, 0) is 10.9 Å². The minimum absolute atomic E-state index is 0.218. The Morgan fingerprint density at radius 3 is 2.67 bits per heavy atom. The first kappa shape index (κ1) is 12.8. The molecule has 2 aromatic rings. The summed E-state index contributed by atoms with van der Waals surface area (Å²) in [5.41, 5.74) is 6.66. The summed E-state index contributed by atoms with van der Waals surface area (Å²) >= 11 is 0. The van der Waals surface area contributed by atoms with E-state index in [0.717, 1.165) is 0 Å². The van der Waals surface area contributed by atoms with Gasteiger partial charge in [-0.3, -0.25) is 9.36 Å². The number of hydrogen-bond donors (Lipinski definition) is 3. The van der Waals surface area contributed by atoms with Crippen molar-refractivity contribution in [2.45, 2.75) is 13.2 Å². The van der Waals surface area contributed by atoms with Gasteiger partial charge in [-0.15, -0.1) is 0 Å². The molecule has 6 nitrogen and oxygen atoms in total. The van der Waals surface area contributed by atoms with Crippen LogP contribution in [-0.4, -0.2) is 14.4 Å². The minimum atomic E-state index is -4.22. The summed E-state index contributed by atoms with van der Waals surface area (Å²) in [4.78, 5) is 30.1. The number of nitrogens with zero attached hydrogens (tertiary/aromatic N) is 1. The van der Waals surface area contributed by atoms with Crippen molar-refractivity contribution in [1.82, 2.24) is 4.57 Å². The second-order valence-electron chi connectivity index (χ2n) is 4.16. The molecule has 0 radical (unpaired) electrons. The maximum Gasteiger partial charge on any atom is 0.345 e. The fourth-order valence-electron chi connectivity index (χ4n) is 1.92. The smallest absolute Gasteiger partial charge is 0.345 e. The fourth-order valence-corrected chi connectivity index (χ4v) is 2.55. The lowest BCUT2D eigenvalue weighted by molar-refractivity contribution is 0.363. The molecule has 1 aromatic heterocycles. The molecule has 0 amide bonds. The second kappa shape index (κ2) is 4.24. The van der Waals surface area contributed by atoms with E-state index in [0.29, 0.717) is 22.2 Å². The largest absolute Gasteiger partial charge is 0.398 e. The molecular formula is C11H13N2O4P. The molecule has 0 spiro atoms. The average Bonchev–Trinajstić information content (AvgIpc) is 2.23. The van der Waals surface area contributed by atoms with E-state index in [4.69, 9.17) is 15.5 Å². The Bertz CT molecular complexity index is 717. The highest BCUT2D eigenvalue weighted by Crippen LogP contribution is 2.37. The Kier molecular flexibility index (Phi) is 3.02. The normalized spacial score (nSPS) is 11.9. The maximum atomic E-state index is 12.0. The predicted octanol–water partition coefficient (Wildman–Crippen LogP) is 1.03. The highest BCUT2D eigenvalue weighted by molar-refractivity contribution is 7.50. The molecule has 2 rings (SSSR count). The zero-order valence-corrected chi connectivity index (χ0v) is 10.6. The fraction of sp³-hybridized carbons (Fsp3) is 0.182. The van der Waals surface area contributed by atoms with Gasteiger partial charge in [0.1, 0.15) is 6.29 Å². The number of rotatable bonds is 2. The summed E-state index contributed by atoms with van der Waals surface area (Å²) in [6, 6.07) is 4.84. The van der Waals surface area contributed by atoms with Crippen LogP contribution in [0.2, 0.25) is 0 Å². The number of benzene rings is 1. The molecular weight excluding hydrogens is 255 g/mol. The topological polar surface area (TPSA) is 106 Å². The summed E-state index contributed by atoms with van der Waals surface area (Å²) in [5.74, 6) is 0. The van der Waals surface area contributed by atoms with Gasteiger partial charge in [-0.1, -0.05) is 6.07 Å². The van der Waals surface area contributed by atoms with Gasteiger partial charge in [0.2, 0.25) is 0 Å². The van der Waals surface area contributed by atoms with Crippen LogP contribution in [0.4, 0.5) is 5.69 Å². The number of aryl methyl sites for hydroxylation is 1. The van der Waals surface area contributed by atoms with E-state index in [2.05, 4.69) is 0 Å². The monoisotopic (exact) mass is 268 g/mol. The first-order chi connectivity index (χ1) is 8.29. The first-order valence-electron chi connectivity index (χ1n) is 5.22. The highest BCUT2D eigenvalue weighted by atomic mass is 31.2. The van der Waals surface area contributed by atoms with Gasteiger partial charge in [0.25, 0.3) is 0 Å². The second-order valence-corrected chi connectivity index (χ2v) is 5.77. The van der Waals surface area contributed by atoms with Crippen molar-refractivity contribution >= 4 is 24.2 Å². The Hall–Kier alpha value is -1.62. The number of hydrogen-bond acceptors (Lipinski definition) is 3. The molecule has 0 unspecified atom stereocenters. The van der Waals surface area contributed by atoms with E-state index in [1.807, 2.05) is 0 Å². The van der Waals surface area contributed by atoms with Crippen molar-refractivity contribution < 1.29 is 14.4 Å². The molecule has 1 aromatic carbocycles. The molecule has 0 aliphatic carbocycles. The molecule has 0 fully saturated rings. The van der Waals surface area contributed by atoms with E-state index in [1.54, 1.807) is 25.1 Å². The van der Waals surface area contributed by atoms with Crippen molar-refractivity contribution in [3.05, 3.63) is 40.2 Å². The Balaban J connectivity index is 2.84. The third kappa shape index (κ3) is 2.31. The van der Waals surface area contributed by atoms with Crippen molar-refractivity contribution in [3.63, 3.8) is 0 Å². The highest BCUT2D eigenvalue weighted by Gasteiger charge is 2.17. The number of anilines is 1. The standard InChI is InChI=1S/C11H13N2O4P/c1-7-5-13(6-18(15,16)17)9-4-2-3-8(12)10(9)11(7)14/h2-5H,6,12H2,1H3,(H2,15,16,17). The molecule has 0 saturated heterocycles. The summed E-state index contributed by atoms with van der Waals surface area (Å²) in [6.07, 6.45) is 0.956. The van der Waals surface area contributed by atoms with Gasteiger partial charge < -0.3 is 20.1 Å². The van der Waals surface area contributed by atoms with Crippen LogP contribution in [0.25, 0.3) is 10.9 Å². The van der Waals surface area contributed by atoms with Crippen molar-refractivity contribution in [2.24, 2.45) is 0 Å². The molecule has 1 heterocycles. The Labute approximate surface area is 103 Å². The summed E-state index contributed by atoms with van der Waals surface area (Å²) in [7, 11) is -4.22. The van der Waals surface area contributed by atoms with Crippen molar-refractivity contribution in [1.29, 1.82) is 0 Å². The molecule has 0 aliphatic rings. The Morgan fingerprint density at radius 2 is 2.06 bits per heavy atom. The molecule has 0 bridgehead atoms. The Morgan fingerprint density at radius 1 is 1.39 bits per heavy atom.